The fourth-order valence-electron chi connectivity index (χ4n) is 1.09. The van der Waals surface area contributed by atoms with E-state index in [9.17, 15) is 9.59 Å². The van der Waals surface area contributed by atoms with Gasteiger partial charge in [-0.3, -0.25) is 0 Å². The Morgan fingerprint density at radius 1 is 0.818 bits per heavy atom. The highest BCUT2D eigenvalue weighted by molar-refractivity contribution is 8.76. The molecule has 0 aliphatic rings. The highest BCUT2D eigenvalue weighted by atomic mass is 33.1. The van der Waals surface area contributed by atoms with E-state index in [0.29, 0.717) is 38.1 Å². The summed E-state index contributed by atoms with van der Waals surface area (Å²) in [6.45, 7) is 9.98. The van der Waals surface area contributed by atoms with Gasteiger partial charge in [0.1, 0.15) is 0 Å². The third-order valence-corrected chi connectivity index (χ3v) is 4.50. The molecule has 0 fully saturated rings. The number of hydrogen-bond donors (Lipinski definition) is 2. The summed E-state index contributed by atoms with van der Waals surface area (Å²) in [6, 6.07) is 0. The molecule has 0 aromatic rings. The molecule has 0 radical (unpaired) electrons. The lowest BCUT2D eigenvalue weighted by Gasteiger charge is -2.09. The fraction of sp³-hybridized carbons (Fsp3) is 0.857. The number of carbonyl (C=O) groups excluding carboxylic acids is 2. The predicted octanol–water partition coefficient (Wildman–Crippen LogP) is 3.13. The maximum Gasteiger partial charge on any atom is 0.407 e. The van der Waals surface area contributed by atoms with Crippen molar-refractivity contribution in [2.24, 2.45) is 11.8 Å². The summed E-state index contributed by atoms with van der Waals surface area (Å²) in [5, 5.41) is 5.38. The Hall–Kier alpha value is -0.760. The Labute approximate surface area is 141 Å². The second-order valence-corrected chi connectivity index (χ2v) is 8.18. The van der Waals surface area contributed by atoms with Crippen LogP contribution in [-0.4, -0.2) is 50.0 Å². The number of hydrogen-bond acceptors (Lipinski definition) is 6. The molecule has 2 amide bonds. The van der Waals surface area contributed by atoms with Crippen molar-refractivity contribution in [3.05, 3.63) is 0 Å². The second kappa shape index (κ2) is 13.9. The van der Waals surface area contributed by atoms with Crippen LogP contribution in [0.1, 0.15) is 27.7 Å². The molecule has 0 rings (SSSR count). The SMILES string of the molecule is CC(C)COC(=O)NCCSSCCNC(=O)OCC(C)C. The topological polar surface area (TPSA) is 76.7 Å². The first kappa shape index (κ1) is 21.2. The number of nitrogens with one attached hydrogen (secondary N) is 2. The molecule has 8 heteroatoms. The van der Waals surface area contributed by atoms with Crippen LogP contribution in [0.4, 0.5) is 9.59 Å². The van der Waals surface area contributed by atoms with Crippen LogP contribution in [0.2, 0.25) is 0 Å². The molecule has 22 heavy (non-hydrogen) atoms. The molecule has 0 aliphatic heterocycles. The van der Waals surface area contributed by atoms with Crippen LogP contribution in [0.15, 0.2) is 0 Å². The summed E-state index contributed by atoms with van der Waals surface area (Å²) in [5.74, 6) is 2.27. The zero-order valence-corrected chi connectivity index (χ0v) is 15.5. The van der Waals surface area contributed by atoms with Gasteiger partial charge in [-0.25, -0.2) is 9.59 Å². The monoisotopic (exact) mass is 352 g/mol. The first-order valence-corrected chi connectivity index (χ1v) is 9.96. The molecule has 0 saturated carbocycles. The summed E-state index contributed by atoms with van der Waals surface area (Å²) in [4.78, 5) is 22.5. The van der Waals surface area contributed by atoms with Crippen molar-refractivity contribution in [3.8, 4) is 0 Å². The molecule has 6 nitrogen and oxygen atoms in total. The van der Waals surface area contributed by atoms with E-state index in [1.807, 2.05) is 27.7 Å². The highest BCUT2D eigenvalue weighted by Gasteiger charge is 2.04. The normalized spacial score (nSPS) is 10.6. The lowest BCUT2D eigenvalue weighted by atomic mass is 10.2. The molecular weight excluding hydrogens is 324 g/mol. The Morgan fingerprint density at radius 3 is 1.50 bits per heavy atom. The third-order valence-electron chi connectivity index (χ3n) is 2.09. The van der Waals surface area contributed by atoms with Gasteiger partial charge in [0, 0.05) is 24.6 Å². The fourth-order valence-corrected chi connectivity index (χ4v) is 2.91. The van der Waals surface area contributed by atoms with Crippen molar-refractivity contribution in [1.29, 1.82) is 0 Å². The van der Waals surface area contributed by atoms with Gasteiger partial charge in [-0.05, 0) is 11.8 Å². The molecule has 0 aliphatic carbocycles. The van der Waals surface area contributed by atoms with Crippen molar-refractivity contribution >= 4 is 33.8 Å². The van der Waals surface area contributed by atoms with E-state index in [1.165, 1.54) is 0 Å². The zero-order chi connectivity index (χ0) is 16.8. The lowest BCUT2D eigenvalue weighted by Crippen LogP contribution is -2.28. The number of alkyl carbamates (subject to hydrolysis) is 2. The smallest absolute Gasteiger partial charge is 0.407 e. The second-order valence-electron chi connectivity index (χ2n) is 5.48. The van der Waals surface area contributed by atoms with E-state index in [-0.39, 0.29) is 12.2 Å². The van der Waals surface area contributed by atoms with E-state index in [4.69, 9.17) is 9.47 Å². The Morgan fingerprint density at radius 2 is 1.18 bits per heavy atom. The molecule has 0 heterocycles. The van der Waals surface area contributed by atoms with Gasteiger partial charge in [-0.1, -0.05) is 49.3 Å². The van der Waals surface area contributed by atoms with Crippen molar-refractivity contribution in [3.63, 3.8) is 0 Å². The van der Waals surface area contributed by atoms with Crippen molar-refractivity contribution in [2.45, 2.75) is 27.7 Å². The molecule has 0 aromatic carbocycles. The molecule has 0 unspecified atom stereocenters. The van der Waals surface area contributed by atoms with E-state index in [2.05, 4.69) is 10.6 Å². The van der Waals surface area contributed by atoms with E-state index in [0.717, 1.165) is 11.5 Å². The van der Waals surface area contributed by atoms with Gasteiger partial charge in [0.25, 0.3) is 0 Å². The summed E-state index contributed by atoms with van der Waals surface area (Å²) >= 11 is 0. The van der Waals surface area contributed by atoms with Crippen LogP contribution >= 0.6 is 21.6 Å². The molecule has 0 saturated heterocycles. The van der Waals surface area contributed by atoms with Crippen molar-refractivity contribution in [1.82, 2.24) is 10.6 Å². The maximum absolute atomic E-state index is 11.3. The first-order valence-electron chi connectivity index (χ1n) is 7.47. The molecule has 2 N–H and O–H groups in total. The molecule has 0 aromatic heterocycles. The van der Waals surface area contributed by atoms with E-state index >= 15 is 0 Å². The number of amides is 2. The largest absolute Gasteiger partial charge is 0.449 e. The van der Waals surface area contributed by atoms with Crippen molar-refractivity contribution < 1.29 is 19.1 Å². The quantitative estimate of drug-likeness (QED) is 0.439. The van der Waals surface area contributed by atoms with Crippen LogP contribution in [0, 0.1) is 11.8 Å². The zero-order valence-electron chi connectivity index (χ0n) is 13.8. The lowest BCUT2D eigenvalue weighted by molar-refractivity contribution is 0.133. The standard InChI is InChI=1S/C14H28N2O4S2/c1-11(2)9-19-13(17)15-5-7-21-22-8-6-16-14(18)20-10-12(3)4/h11-12H,5-10H2,1-4H3,(H,15,17)(H,16,18). The summed E-state index contributed by atoms with van der Waals surface area (Å²) in [6.07, 6.45) is -0.734. The average Bonchev–Trinajstić information content (AvgIpc) is 2.45. The summed E-state index contributed by atoms with van der Waals surface area (Å²) < 4.78 is 9.97. The van der Waals surface area contributed by atoms with Gasteiger partial charge in [0.15, 0.2) is 0 Å². The van der Waals surface area contributed by atoms with Crippen LogP contribution in [-0.2, 0) is 9.47 Å². The molecule has 0 atom stereocenters. The van der Waals surface area contributed by atoms with Gasteiger partial charge >= 0.3 is 12.2 Å². The van der Waals surface area contributed by atoms with Gasteiger partial charge < -0.3 is 20.1 Å². The van der Waals surface area contributed by atoms with Gasteiger partial charge in [0.2, 0.25) is 0 Å². The number of ether oxygens (including phenoxy) is 2. The van der Waals surface area contributed by atoms with Crippen LogP contribution in [0.25, 0.3) is 0 Å². The summed E-state index contributed by atoms with van der Waals surface area (Å²) in [5.41, 5.74) is 0. The number of rotatable bonds is 11. The molecular formula is C14H28N2O4S2. The minimum Gasteiger partial charge on any atom is -0.449 e. The van der Waals surface area contributed by atoms with Gasteiger partial charge in [0.05, 0.1) is 13.2 Å². The molecule has 130 valence electrons. The molecule has 0 spiro atoms. The molecule has 0 bridgehead atoms. The predicted molar refractivity (Wildman–Crippen MR) is 93.3 cm³/mol. The van der Waals surface area contributed by atoms with E-state index in [1.54, 1.807) is 21.6 Å². The van der Waals surface area contributed by atoms with E-state index < -0.39 is 0 Å². The maximum atomic E-state index is 11.3. The first-order chi connectivity index (χ1) is 10.4. The van der Waals surface area contributed by atoms with Crippen molar-refractivity contribution in [2.75, 3.05) is 37.8 Å². The number of carbonyl (C=O) groups is 2. The highest BCUT2D eigenvalue weighted by Crippen LogP contribution is 2.19. The minimum absolute atomic E-state index is 0.343. The minimum atomic E-state index is -0.367. The van der Waals surface area contributed by atoms with Gasteiger partial charge in [-0.15, -0.1) is 0 Å². The average molecular weight is 353 g/mol. The van der Waals surface area contributed by atoms with Crippen LogP contribution < -0.4 is 10.6 Å². The van der Waals surface area contributed by atoms with Gasteiger partial charge in [-0.2, -0.15) is 0 Å². The van der Waals surface area contributed by atoms with Crippen LogP contribution in [0.5, 0.6) is 0 Å². The third kappa shape index (κ3) is 15.6. The Kier molecular flexibility index (Phi) is 13.4. The van der Waals surface area contributed by atoms with Crippen LogP contribution in [0.3, 0.4) is 0 Å². The summed E-state index contributed by atoms with van der Waals surface area (Å²) in [7, 11) is 3.29. The Bertz CT molecular complexity index is 285. The Balaban J connectivity index is 3.30.